The van der Waals surface area contributed by atoms with Gasteiger partial charge in [-0.25, -0.2) is 4.98 Å². The van der Waals surface area contributed by atoms with Crippen LogP contribution in [0, 0.1) is 0 Å². The van der Waals surface area contributed by atoms with Gasteiger partial charge in [-0.05, 0) is 55.0 Å². The molecule has 0 aliphatic carbocycles. The number of benzene rings is 1. The lowest BCUT2D eigenvalue weighted by atomic mass is 10.1. The van der Waals surface area contributed by atoms with Crippen molar-refractivity contribution in [2.75, 3.05) is 23.3 Å². The second-order valence-corrected chi connectivity index (χ2v) is 6.19. The Morgan fingerprint density at radius 3 is 2.75 bits per heavy atom. The molecule has 1 amide bonds. The zero-order chi connectivity index (χ0) is 16.4. The first-order valence-electron chi connectivity index (χ1n) is 8.39. The molecule has 3 heterocycles. The molecule has 0 unspecified atom stereocenters. The summed E-state index contributed by atoms with van der Waals surface area (Å²) in [7, 11) is 0. The number of hydrogen-bond acceptors (Lipinski definition) is 3. The Labute approximate surface area is 140 Å². The molecule has 3 aromatic rings. The second-order valence-electron chi connectivity index (χ2n) is 6.19. The molecule has 1 aliphatic rings. The third kappa shape index (κ3) is 2.97. The maximum atomic E-state index is 12.4. The Kier molecular flexibility index (Phi) is 3.91. The van der Waals surface area contributed by atoms with Crippen molar-refractivity contribution in [2.45, 2.75) is 19.3 Å². The fourth-order valence-corrected chi connectivity index (χ4v) is 3.16. The Morgan fingerprint density at radius 1 is 1.08 bits per heavy atom. The number of amides is 1. The molecule has 0 atom stereocenters. The van der Waals surface area contributed by atoms with Crippen molar-refractivity contribution >= 4 is 28.3 Å². The Bertz CT molecular complexity index is 847. The van der Waals surface area contributed by atoms with E-state index in [9.17, 15) is 4.79 Å². The molecule has 1 aliphatic heterocycles. The number of rotatable bonds is 3. The average molecular weight is 320 g/mol. The first-order valence-corrected chi connectivity index (χ1v) is 8.39. The molecule has 4 rings (SSSR count). The quantitative estimate of drug-likeness (QED) is 0.771. The molecular weight excluding hydrogens is 300 g/mol. The van der Waals surface area contributed by atoms with Gasteiger partial charge in [0.1, 0.15) is 5.82 Å². The van der Waals surface area contributed by atoms with Crippen LogP contribution in [0.2, 0.25) is 0 Å². The topological polar surface area (TPSA) is 61.0 Å². The van der Waals surface area contributed by atoms with Crippen molar-refractivity contribution in [3.05, 3.63) is 54.4 Å². The normalized spacial score (nSPS) is 14.8. The van der Waals surface area contributed by atoms with E-state index in [4.69, 9.17) is 0 Å². The molecule has 2 N–H and O–H groups in total. The molecule has 2 aromatic heterocycles. The molecule has 5 heteroatoms. The van der Waals surface area contributed by atoms with Gasteiger partial charge in [-0.2, -0.15) is 0 Å². The molecule has 0 spiro atoms. The number of fused-ring (bicyclic) bond motifs is 1. The van der Waals surface area contributed by atoms with Gasteiger partial charge in [0.15, 0.2) is 0 Å². The minimum Gasteiger partial charge on any atom is -0.361 e. The second kappa shape index (κ2) is 6.35. The van der Waals surface area contributed by atoms with Gasteiger partial charge in [-0.15, -0.1) is 0 Å². The zero-order valence-electron chi connectivity index (χ0n) is 13.5. The maximum Gasteiger partial charge on any atom is 0.255 e. The number of nitrogens with one attached hydrogen (secondary N) is 2. The third-order valence-corrected chi connectivity index (χ3v) is 4.50. The van der Waals surface area contributed by atoms with E-state index in [1.54, 1.807) is 6.20 Å². The van der Waals surface area contributed by atoms with Crippen molar-refractivity contribution in [1.82, 2.24) is 9.97 Å². The van der Waals surface area contributed by atoms with Gasteiger partial charge in [0.05, 0.1) is 11.9 Å². The standard InChI is InChI=1S/C19H20N4O/c24-19(15-5-4-14-8-9-20-17(14)12-15)22-16-6-7-18(21-13-16)23-10-2-1-3-11-23/h4-9,12-13,20H,1-3,10-11H2,(H,22,24). The maximum absolute atomic E-state index is 12.4. The number of aromatic nitrogens is 2. The number of pyridine rings is 1. The van der Waals surface area contributed by atoms with E-state index < -0.39 is 0 Å². The van der Waals surface area contributed by atoms with Crippen LogP contribution in [0.15, 0.2) is 48.8 Å². The highest BCUT2D eigenvalue weighted by atomic mass is 16.1. The summed E-state index contributed by atoms with van der Waals surface area (Å²) >= 11 is 0. The lowest BCUT2D eigenvalue weighted by Gasteiger charge is -2.27. The Balaban J connectivity index is 1.46. The number of aromatic amines is 1. The highest BCUT2D eigenvalue weighted by molar-refractivity contribution is 6.06. The number of carbonyl (C=O) groups is 1. The number of anilines is 2. The van der Waals surface area contributed by atoms with Gasteiger partial charge < -0.3 is 15.2 Å². The van der Waals surface area contributed by atoms with E-state index in [0.29, 0.717) is 11.3 Å². The van der Waals surface area contributed by atoms with E-state index in [2.05, 4.69) is 20.2 Å². The lowest BCUT2D eigenvalue weighted by Crippen LogP contribution is -2.30. The van der Waals surface area contributed by atoms with E-state index in [1.165, 1.54) is 19.3 Å². The van der Waals surface area contributed by atoms with Crippen LogP contribution in [-0.2, 0) is 0 Å². The minimum atomic E-state index is -0.126. The van der Waals surface area contributed by atoms with Crippen molar-refractivity contribution < 1.29 is 4.79 Å². The van der Waals surface area contributed by atoms with Crippen LogP contribution >= 0.6 is 0 Å². The Morgan fingerprint density at radius 2 is 1.96 bits per heavy atom. The first kappa shape index (κ1) is 14.8. The van der Waals surface area contributed by atoms with E-state index >= 15 is 0 Å². The van der Waals surface area contributed by atoms with Gasteiger partial charge in [-0.1, -0.05) is 6.07 Å². The summed E-state index contributed by atoms with van der Waals surface area (Å²) in [4.78, 5) is 22.3. The van der Waals surface area contributed by atoms with Crippen LogP contribution in [0.25, 0.3) is 10.9 Å². The fraction of sp³-hybridized carbons (Fsp3) is 0.263. The molecule has 0 radical (unpaired) electrons. The van der Waals surface area contributed by atoms with Crippen LogP contribution in [0.1, 0.15) is 29.6 Å². The summed E-state index contributed by atoms with van der Waals surface area (Å²) in [6.45, 7) is 2.13. The van der Waals surface area contributed by atoms with Gasteiger partial charge >= 0.3 is 0 Å². The first-order chi connectivity index (χ1) is 11.8. The molecule has 5 nitrogen and oxygen atoms in total. The summed E-state index contributed by atoms with van der Waals surface area (Å²) in [5.74, 6) is 0.861. The largest absolute Gasteiger partial charge is 0.361 e. The highest BCUT2D eigenvalue weighted by Gasteiger charge is 2.12. The molecular formula is C19H20N4O. The lowest BCUT2D eigenvalue weighted by molar-refractivity contribution is 0.102. The monoisotopic (exact) mass is 320 g/mol. The molecule has 122 valence electrons. The summed E-state index contributed by atoms with van der Waals surface area (Å²) in [5, 5.41) is 4.01. The highest BCUT2D eigenvalue weighted by Crippen LogP contribution is 2.20. The van der Waals surface area contributed by atoms with E-state index in [0.717, 1.165) is 29.8 Å². The molecule has 1 fully saturated rings. The molecule has 1 aromatic carbocycles. The Hall–Kier alpha value is -2.82. The summed E-state index contributed by atoms with van der Waals surface area (Å²) in [5.41, 5.74) is 2.30. The number of H-pyrrole nitrogens is 1. The molecule has 0 bridgehead atoms. The smallest absolute Gasteiger partial charge is 0.255 e. The molecule has 1 saturated heterocycles. The van der Waals surface area contributed by atoms with Crippen molar-refractivity contribution in [1.29, 1.82) is 0 Å². The van der Waals surface area contributed by atoms with Crippen molar-refractivity contribution in [3.63, 3.8) is 0 Å². The fourth-order valence-electron chi connectivity index (χ4n) is 3.16. The van der Waals surface area contributed by atoms with Crippen LogP contribution in [0.5, 0.6) is 0 Å². The van der Waals surface area contributed by atoms with Gasteiger partial charge in [0.25, 0.3) is 5.91 Å². The van der Waals surface area contributed by atoms with Crippen molar-refractivity contribution in [2.24, 2.45) is 0 Å². The number of nitrogens with zero attached hydrogens (tertiary/aromatic N) is 2. The van der Waals surface area contributed by atoms with E-state index in [-0.39, 0.29) is 5.91 Å². The molecule has 0 saturated carbocycles. The third-order valence-electron chi connectivity index (χ3n) is 4.50. The summed E-state index contributed by atoms with van der Waals surface area (Å²) in [6, 6.07) is 11.5. The van der Waals surface area contributed by atoms with Crippen LogP contribution in [0.4, 0.5) is 11.5 Å². The predicted octanol–water partition coefficient (Wildman–Crippen LogP) is 3.81. The SMILES string of the molecule is O=C(Nc1ccc(N2CCCCC2)nc1)c1ccc2cc[nH]c2c1. The zero-order valence-corrected chi connectivity index (χ0v) is 13.5. The summed E-state index contributed by atoms with van der Waals surface area (Å²) in [6.07, 6.45) is 7.35. The van der Waals surface area contributed by atoms with Gasteiger partial charge in [0, 0.05) is 30.4 Å². The van der Waals surface area contributed by atoms with Gasteiger partial charge in [0.2, 0.25) is 0 Å². The van der Waals surface area contributed by atoms with Crippen LogP contribution < -0.4 is 10.2 Å². The number of hydrogen-bond donors (Lipinski definition) is 2. The number of carbonyl (C=O) groups excluding carboxylic acids is 1. The van der Waals surface area contributed by atoms with Crippen LogP contribution in [0.3, 0.4) is 0 Å². The van der Waals surface area contributed by atoms with E-state index in [1.807, 2.05) is 42.6 Å². The predicted molar refractivity (Wildman–Crippen MR) is 96.6 cm³/mol. The van der Waals surface area contributed by atoms with Gasteiger partial charge in [-0.3, -0.25) is 4.79 Å². The summed E-state index contributed by atoms with van der Waals surface area (Å²) < 4.78 is 0. The average Bonchev–Trinajstić information content (AvgIpc) is 3.11. The van der Waals surface area contributed by atoms with Crippen LogP contribution in [-0.4, -0.2) is 29.0 Å². The minimum absolute atomic E-state index is 0.126. The number of piperidine rings is 1. The molecule has 24 heavy (non-hydrogen) atoms. The van der Waals surface area contributed by atoms with Crippen molar-refractivity contribution in [3.8, 4) is 0 Å².